The van der Waals surface area contributed by atoms with Crippen LogP contribution in [0.15, 0.2) is 0 Å². The third-order valence-electron chi connectivity index (χ3n) is 1.15. The molecule has 0 heterocycles. The third-order valence-corrected chi connectivity index (χ3v) is 1.15. The zero-order valence-electron chi connectivity index (χ0n) is 6.25. The summed E-state index contributed by atoms with van der Waals surface area (Å²) >= 11 is 0. The summed E-state index contributed by atoms with van der Waals surface area (Å²) in [5.74, 6) is 0. The molecular formula is C6H16N2O2. The Morgan fingerprint density at radius 1 is 1.60 bits per heavy atom. The standard InChI is InChI=1S/C6H16N2O2/c1-6(8,10)4-5(9)2-3-7/h5,9-10H,2-4,7-8H2,1H3. The van der Waals surface area contributed by atoms with Gasteiger partial charge in [-0.15, -0.1) is 0 Å². The van der Waals surface area contributed by atoms with Crippen molar-refractivity contribution in [3.8, 4) is 0 Å². The van der Waals surface area contributed by atoms with Crippen molar-refractivity contribution in [1.82, 2.24) is 0 Å². The third kappa shape index (κ3) is 5.97. The predicted molar refractivity (Wildman–Crippen MR) is 39.1 cm³/mol. The van der Waals surface area contributed by atoms with Gasteiger partial charge in [-0.1, -0.05) is 0 Å². The molecule has 10 heavy (non-hydrogen) atoms. The highest BCUT2D eigenvalue weighted by Gasteiger charge is 2.17. The fourth-order valence-corrected chi connectivity index (χ4v) is 0.771. The molecule has 0 aliphatic heterocycles. The van der Waals surface area contributed by atoms with Crippen LogP contribution in [0, 0.1) is 0 Å². The minimum Gasteiger partial charge on any atom is -0.393 e. The van der Waals surface area contributed by atoms with Crippen molar-refractivity contribution in [2.75, 3.05) is 6.54 Å². The van der Waals surface area contributed by atoms with Gasteiger partial charge in [0, 0.05) is 6.42 Å². The van der Waals surface area contributed by atoms with E-state index in [2.05, 4.69) is 0 Å². The van der Waals surface area contributed by atoms with Crippen molar-refractivity contribution in [2.45, 2.75) is 31.6 Å². The minimum absolute atomic E-state index is 0.171. The van der Waals surface area contributed by atoms with Crippen molar-refractivity contribution >= 4 is 0 Å². The average molecular weight is 148 g/mol. The van der Waals surface area contributed by atoms with Crippen molar-refractivity contribution in [2.24, 2.45) is 11.5 Å². The summed E-state index contributed by atoms with van der Waals surface area (Å²) in [6.07, 6.45) is 0.0578. The zero-order chi connectivity index (χ0) is 8.20. The van der Waals surface area contributed by atoms with Crippen molar-refractivity contribution in [3.05, 3.63) is 0 Å². The van der Waals surface area contributed by atoms with E-state index >= 15 is 0 Å². The highest BCUT2D eigenvalue weighted by atomic mass is 16.3. The zero-order valence-corrected chi connectivity index (χ0v) is 6.25. The molecule has 0 saturated carbocycles. The lowest BCUT2D eigenvalue weighted by atomic mass is 10.1. The molecule has 2 unspecified atom stereocenters. The van der Waals surface area contributed by atoms with Crippen LogP contribution < -0.4 is 11.5 Å². The van der Waals surface area contributed by atoms with Crippen molar-refractivity contribution in [1.29, 1.82) is 0 Å². The molecule has 0 spiro atoms. The molecule has 4 nitrogen and oxygen atoms in total. The molecule has 0 aliphatic rings. The maximum Gasteiger partial charge on any atom is 0.113 e. The molecular weight excluding hydrogens is 132 g/mol. The first-order valence-corrected chi connectivity index (χ1v) is 3.35. The Bertz CT molecular complexity index is 90.2. The lowest BCUT2D eigenvalue weighted by Gasteiger charge is -2.20. The molecule has 2 atom stereocenters. The molecule has 0 aromatic rings. The van der Waals surface area contributed by atoms with Gasteiger partial charge in [-0.05, 0) is 19.9 Å². The van der Waals surface area contributed by atoms with E-state index in [0.29, 0.717) is 13.0 Å². The largest absolute Gasteiger partial charge is 0.393 e. The summed E-state index contributed by atoms with van der Waals surface area (Å²) in [6.45, 7) is 1.87. The Hall–Kier alpha value is -0.160. The molecule has 0 aliphatic carbocycles. The van der Waals surface area contributed by atoms with Gasteiger partial charge in [0.05, 0.1) is 6.10 Å². The molecule has 0 saturated heterocycles. The second kappa shape index (κ2) is 3.88. The molecule has 0 amide bonds. The van der Waals surface area contributed by atoms with Crippen LogP contribution in [0.1, 0.15) is 19.8 Å². The highest BCUT2D eigenvalue weighted by molar-refractivity contribution is 4.69. The maximum absolute atomic E-state index is 9.06. The number of nitrogens with two attached hydrogens (primary N) is 2. The van der Waals surface area contributed by atoms with E-state index in [0.717, 1.165) is 0 Å². The average Bonchev–Trinajstić information content (AvgIpc) is 1.59. The molecule has 0 aromatic heterocycles. The second-order valence-corrected chi connectivity index (χ2v) is 2.79. The Morgan fingerprint density at radius 3 is 2.40 bits per heavy atom. The number of aliphatic hydroxyl groups excluding tert-OH is 1. The van der Waals surface area contributed by atoms with Crippen LogP contribution in [0.5, 0.6) is 0 Å². The van der Waals surface area contributed by atoms with Gasteiger partial charge in [-0.2, -0.15) is 0 Å². The molecule has 62 valence electrons. The predicted octanol–water partition coefficient (Wildman–Crippen LogP) is -1.25. The first kappa shape index (κ1) is 9.84. The maximum atomic E-state index is 9.06. The van der Waals surface area contributed by atoms with Crippen LogP contribution in [0.4, 0.5) is 0 Å². The van der Waals surface area contributed by atoms with Gasteiger partial charge in [0.1, 0.15) is 5.72 Å². The van der Waals surface area contributed by atoms with Crippen molar-refractivity contribution in [3.63, 3.8) is 0 Å². The number of hydrogen-bond acceptors (Lipinski definition) is 4. The molecule has 0 fully saturated rings. The van der Waals surface area contributed by atoms with Gasteiger partial charge < -0.3 is 21.7 Å². The van der Waals surface area contributed by atoms with E-state index in [1.54, 1.807) is 0 Å². The van der Waals surface area contributed by atoms with Gasteiger partial charge in [0.15, 0.2) is 0 Å². The quantitative estimate of drug-likeness (QED) is 0.375. The summed E-state index contributed by atoms with van der Waals surface area (Å²) in [7, 11) is 0. The van der Waals surface area contributed by atoms with Crippen LogP contribution >= 0.6 is 0 Å². The molecule has 4 heteroatoms. The van der Waals surface area contributed by atoms with E-state index in [4.69, 9.17) is 21.7 Å². The monoisotopic (exact) mass is 148 g/mol. The summed E-state index contributed by atoms with van der Waals surface area (Å²) < 4.78 is 0. The second-order valence-electron chi connectivity index (χ2n) is 2.79. The first-order valence-electron chi connectivity index (χ1n) is 3.35. The van der Waals surface area contributed by atoms with Crippen LogP contribution in [0.25, 0.3) is 0 Å². The molecule has 6 N–H and O–H groups in total. The van der Waals surface area contributed by atoms with E-state index in [1.807, 2.05) is 0 Å². The molecule has 0 bridgehead atoms. The van der Waals surface area contributed by atoms with Gasteiger partial charge in [-0.25, -0.2) is 0 Å². The van der Waals surface area contributed by atoms with E-state index < -0.39 is 11.8 Å². The Kier molecular flexibility index (Phi) is 3.81. The molecule has 0 rings (SSSR count). The van der Waals surface area contributed by atoms with E-state index in [-0.39, 0.29) is 6.42 Å². The summed E-state index contributed by atoms with van der Waals surface area (Å²) in [5, 5.41) is 18.1. The normalized spacial score (nSPS) is 20.1. The van der Waals surface area contributed by atoms with Gasteiger partial charge in [0.2, 0.25) is 0 Å². The Balaban J connectivity index is 3.47. The smallest absolute Gasteiger partial charge is 0.113 e. The molecule has 0 radical (unpaired) electrons. The van der Waals surface area contributed by atoms with Crippen LogP contribution in [0.2, 0.25) is 0 Å². The lowest BCUT2D eigenvalue weighted by Crippen LogP contribution is -2.39. The van der Waals surface area contributed by atoms with Crippen LogP contribution in [-0.4, -0.2) is 28.6 Å². The van der Waals surface area contributed by atoms with Gasteiger partial charge in [-0.3, -0.25) is 0 Å². The first-order chi connectivity index (χ1) is 4.45. The van der Waals surface area contributed by atoms with Crippen LogP contribution in [0.3, 0.4) is 0 Å². The van der Waals surface area contributed by atoms with E-state index in [1.165, 1.54) is 6.92 Å². The highest BCUT2D eigenvalue weighted by Crippen LogP contribution is 2.06. The Morgan fingerprint density at radius 2 is 2.10 bits per heavy atom. The minimum atomic E-state index is -1.28. The number of hydrogen-bond donors (Lipinski definition) is 4. The Labute approximate surface area is 60.8 Å². The summed E-state index contributed by atoms with van der Waals surface area (Å²) in [5.41, 5.74) is 9.10. The number of aliphatic hydroxyl groups is 2. The summed E-state index contributed by atoms with van der Waals surface area (Å²) in [4.78, 5) is 0. The fourth-order valence-electron chi connectivity index (χ4n) is 0.771. The van der Waals surface area contributed by atoms with Gasteiger partial charge >= 0.3 is 0 Å². The van der Waals surface area contributed by atoms with Gasteiger partial charge in [0.25, 0.3) is 0 Å². The fraction of sp³-hybridized carbons (Fsp3) is 1.00. The lowest BCUT2D eigenvalue weighted by molar-refractivity contribution is 0.00731. The van der Waals surface area contributed by atoms with Crippen LogP contribution in [-0.2, 0) is 0 Å². The topological polar surface area (TPSA) is 92.5 Å². The summed E-state index contributed by atoms with van der Waals surface area (Å²) in [6, 6.07) is 0. The molecule has 0 aromatic carbocycles. The van der Waals surface area contributed by atoms with Crippen molar-refractivity contribution < 1.29 is 10.2 Å². The van der Waals surface area contributed by atoms with E-state index in [9.17, 15) is 0 Å². The number of rotatable bonds is 4. The SMILES string of the molecule is CC(N)(O)CC(O)CCN.